The lowest BCUT2D eigenvalue weighted by Gasteiger charge is -2.09. The molecule has 0 unspecified atom stereocenters. The van der Waals surface area contributed by atoms with Gasteiger partial charge in [-0.1, -0.05) is 96.5 Å². The lowest BCUT2D eigenvalue weighted by molar-refractivity contribution is 0.0378. The van der Waals surface area contributed by atoms with Crippen LogP contribution in [0, 0.1) is 0 Å². The van der Waals surface area contributed by atoms with Gasteiger partial charge in [0.15, 0.2) is 0 Å². The highest BCUT2D eigenvalue weighted by Gasteiger charge is 2.13. The van der Waals surface area contributed by atoms with E-state index in [1.807, 2.05) is 0 Å². The second-order valence-electron chi connectivity index (χ2n) is 8.77. The molecular formula is C27H44O4. The molecule has 176 valence electrons. The zero-order chi connectivity index (χ0) is 22.7. The predicted octanol–water partition coefficient (Wildman–Crippen LogP) is 7.89. The van der Waals surface area contributed by atoms with Gasteiger partial charge in [0.25, 0.3) is 0 Å². The molecule has 0 radical (unpaired) electrons. The third-order valence-corrected chi connectivity index (χ3v) is 5.41. The van der Waals surface area contributed by atoms with Crippen molar-refractivity contribution in [2.24, 2.45) is 0 Å². The molecule has 0 aromatic heterocycles. The van der Waals surface area contributed by atoms with Gasteiger partial charge in [0.2, 0.25) is 0 Å². The minimum Gasteiger partial charge on any atom is -0.462 e. The first kappa shape index (κ1) is 27.2. The summed E-state index contributed by atoms with van der Waals surface area (Å²) < 4.78 is 10.5. The molecule has 0 N–H and O–H groups in total. The van der Waals surface area contributed by atoms with Gasteiger partial charge >= 0.3 is 11.9 Å². The fourth-order valence-corrected chi connectivity index (χ4v) is 3.60. The summed E-state index contributed by atoms with van der Waals surface area (Å²) in [5.41, 5.74) is 0.767. The van der Waals surface area contributed by atoms with Gasteiger partial charge in [-0.15, -0.1) is 0 Å². The Morgan fingerprint density at radius 2 is 1.16 bits per heavy atom. The molecule has 1 rings (SSSR count). The molecule has 0 bridgehead atoms. The zero-order valence-corrected chi connectivity index (χ0v) is 20.1. The smallest absolute Gasteiger partial charge is 0.338 e. The zero-order valence-electron chi connectivity index (χ0n) is 20.1. The largest absolute Gasteiger partial charge is 0.462 e. The summed E-state index contributed by atoms with van der Waals surface area (Å²) in [5.74, 6) is -0.800. The summed E-state index contributed by atoms with van der Waals surface area (Å²) in [7, 11) is 0. The third-order valence-electron chi connectivity index (χ3n) is 5.41. The minimum absolute atomic E-state index is 0.191. The van der Waals surface area contributed by atoms with E-state index in [1.165, 1.54) is 83.1 Å². The number of carbonyl (C=O) groups excluding carboxylic acids is 2. The van der Waals surface area contributed by atoms with Crippen LogP contribution in [0.3, 0.4) is 0 Å². The molecule has 0 aliphatic heterocycles. The van der Waals surface area contributed by atoms with E-state index in [1.54, 1.807) is 32.0 Å². The van der Waals surface area contributed by atoms with Crippen molar-refractivity contribution in [1.29, 1.82) is 0 Å². The maximum atomic E-state index is 12.2. The first-order valence-electron chi connectivity index (χ1n) is 12.5. The van der Waals surface area contributed by atoms with Crippen molar-refractivity contribution in [3.63, 3.8) is 0 Å². The first-order valence-corrected chi connectivity index (χ1v) is 12.5. The normalized spacial score (nSPS) is 11.0. The highest BCUT2D eigenvalue weighted by Crippen LogP contribution is 2.13. The Labute approximate surface area is 190 Å². The van der Waals surface area contributed by atoms with Crippen LogP contribution < -0.4 is 0 Å². The van der Waals surface area contributed by atoms with Gasteiger partial charge in [-0.05, 0) is 38.5 Å². The van der Waals surface area contributed by atoms with Gasteiger partial charge in [-0.3, -0.25) is 0 Å². The lowest BCUT2D eigenvalue weighted by atomic mass is 10.0. The first-order chi connectivity index (χ1) is 15.0. The van der Waals surface area contributed by atoms with Gasteiger partial charge in [0.05, 0.1) is 23.8 Å². The van der Waals surface area contributed by atoms with Crippen molar-refractivity contribution >= 4 is 11.9 Å². The Morgan fingerprint density at radius 3 is 1.65 bits per heavy atom. The molecular weight excluding hydrogens is 388 g/mol. The molecule has 0 fully saturated rings. The number of carbonyl (C=O) groups is 2. The summed E-state index contributed by atoms with van der Waals surface area (Å²) in [6, 6.07) is 6.53. The summed E-state index contributed by atoms with van der Waals surface area (Å²) in [6.45, 7) is 6.29. The SMILES string of the molecule is CCCCCCCCCCCCCCCCOC(=O)c1cccc(C(=O)OC(C)C)c1. The number of benzene rings is 1. The molecule has 0 atom stereocenters. The molecule has 31 heavy (non-hydrogen) atoms. The van der Waals surface area contributed by atoms with Gasteiger partial charge in [0.1, 0.15) is 0 Å². The Hall–Kier alpha value is -1.84. The molecule has 0 heterocycles. The molecule has 0 spiro atoms. The van der Waals surface area contributed by atoms with E-state index in [0.717, 1.165) is 12.8 Å². The monoisotopic (exact) mass is 432 g/mol. The van der Waals surface area contributed by atoms with Crippen LogP contribution in [0.25, 0.3) is 0 Å². The number of ether oxygens (including phenoxy) is 2. The van der Waals surface area contributed by atoms with Crippen LogP contribution in [0.4, 0.5) is 0 Å². The molecule has 0 saturated heterocycles. The predicted molar refractivity (Wildman–Crippen MR) is 128 cm³/mol. The average Bonchev–Trinajstić information content (AvgIpc) is 2.76. The minimum atomic E-state index is -0.420. The van der Waals surface area contributed by atoms with E-state index in [9.17, 15) is 9.59 Å². The fraction of sp³-hybridized carbons (Fsp3) is 0.704. The summed E-state index contributed by atoms with van der Waals surface area (Å²) in [5, 5.41) is 0. The summed E-state index contributed by atoms with van der Waals surface area (Å²) >= 11 is 0. The number of hydrogen-bond donors (Lipinski definition) is 0. The Kier molecular flexibility index (Phi) is 15.6. The van der Waals surface area contributed by atoms with Gasteiger partial charge < -0.3 is 9.47 Å². The Balaban J connectivity index is 2.02. The molecule has 1 aromatic rings. The maximum Gasteiger partial charge on any atom is 0.338 e. The number of rotatable bonds is 18. The van der Waals surface area contributed by atoms with Crippen LogP contribution in [-0.4, -0.2) is 24.6 Å². The van der Waals surface area contributed by atoms with Crippen LogP contribution in [0.15, 0.2) is 24.3 Å². The fourth-order valence-electron chi connectivity index (χ4n) is 3.60. The van der Waals surface area contributed by atoms with E-state index in [2.05, 4.69) is 6.92 Å². The number of esters is 2. The van der Waals surface area contributed by atoms with E-state index in [0.29, 0.717) is 17.7 Å². The quantitative estimate of drug-likeness (QED) is 0.175. The standard InChI is InChI=1S/C27H44O4/c1-4-5-6-7-8-9-10-11-12-13-14-15-16-17-21-30-26(28)24-19-18-20-25(22-24)27(29)31-23(2)3/h18-20,22-23H,4-17,21H2,1-3H3. The highest BCUT2D eigenvalue weighted by atomic mass is 16.5. The van der Waals surface area contributed by atoms with Crippen LogP contribution in [-0.2, 0) is 9.47 Å². The lowest BCUT2D eigenvalue weighted by Crippen LogP contribution is -2.13. The van der Waals surface area contributed by atoms with E-state index in [4.69, 9.17) is 9.47 Å². The van der Waals surface area contributed by atoms with Crippen LogP contribution in [0.1, 0.15) is 131 Å². The summed E-state index contributed by atoms with van der Waals surface area (Å²) in [6.07, 6.45) is 18.0. The van der Waals surface area contributed by atoms with E-state index >= 15 is 0 Å². The molecule has 0 amide bonds. The van der Waals surface area contributed by atoms with Crippen molar-refractivity contribution in [2.45, 2.75) is 117 Å². The highest BCUT2D eigenvalue weighted by molar-refractivity contribution is 5.95. The van der Waals surface area contributed by atoms with Crippen LogP contribution >= 0.6 is 0 Å². The molecule has 1 aromatic carbocycles. The maximum absolute atomic E-state index is 12.2. The van der Waals surface area contributed by atoms with Crippen molar-refractivity contribution in [3.05, 3.63) is 35.4 Å². The van der Waals surface area contributed by atoms with Crippen LogP contribution in [0.5, 0.6) is 0 Å². The second kappa shape index (κ2) is 17.8. The Morgan fingerprint density at radius 1 is 0.710 bits per heavy atom. The summed E-state index contributed by atoms with van der Waals surface area (Å²) in [4.78, 5) is 24.2. The molecule has 4 heteroatoms. The topological polar surface area (TPSA) is 52.6 Å². The van der Waals surface area contributed by atoms with Gasteiger partial charge in [-0.2, -0.15) is 0 Å². The number of unbranched alkanes of at least 4 members (excludes halogenated alkanes) is 13. The Bertz CT molecular complexity index is 609. The molecule has 0 aliphatic carbocycles. The van der Waals surface area contributed by atoms with Crippen molar-refractivity contribution < 1.29 is 19.1 Å². The van der Waals surface area contributed by atoms with E-state index < -0.39 is 5.97 Å². The van der Waals surface area contributed by atoms with Gasteiger partial charge in [-0.25, -0.2) is 9.59 Å². The van der Waals surface area contributed by atoms with Crippen molar-refractivity contribution in [2.75, 3.05) is 6.61 Å². The molecule has 4 nitrogen and oxygen atoms in total. The van der Waals surface area contributed by atoms with Crippen molar-refractivity contribution in [1.82, 2.24) is 0 Å². The molecule has 0 aliphatic rings. The van der Waals surface area contributed by atoms with Crippen LogP contribution in [0.2, 0.25) is 0 Å². The van der Waals surface area contributed by atoms with E-state index in [-0.39, 0.29) is 12.1 Å². The third kappa shape index (κ3) is 14.0. The van der Waals surface area contributed by atoms with Gasteiger partial charge in [0, 0.05) is 0 Å². The second-order valence-corrected chi connectivity index (χ2v) is 8.77. The van der Waals surface area contributed by atoms with Crippen molar-refractivity contribution in [3.8, 4) is 0 Å². The number of hydrogen-bond acceptors (Lipinski definition) is 4. The molecule has 0 saturated carbocycles. The average molecular weight is 433 g/mol.